The number of piperidine rings is 1. The second kappa shape index (κ2) is 8.79. The molecule has 1 N–H and O–H groups in total. The van der Waals surface area contributed by atoms with Gasteiger partial charge in [-0.05, 0) is 55.7 Å². The van der Waals surface area contributed by atoms with Crippen molar-refractivity contribution in [1.29, 1.82) is 0 Å². The molecule has 0 spiro atoms. The van der Waals surface area contributed by atoms with Crippen LogP contribution in [0.1, 0.15) is 19.8 Å². The third kappa shape index (κ3) is 4.00. The zero-order valence-corrected chi connectivity index (χ0v) is 17.9. The first kappa shape index (κ1) is 20.9. The number of fused-ring (bicyclic) bond motifs is 1. The third-order valence-corrected chi connectivity index (χ3v) is 5.77. The summed E-state index contributed by atoms with van der Waals surface area (Å²) in [5.74, 6) is 0.992. The van der Waals surface area contributed by atoms with E-state index >= 15 is 0 Å². The van der Waals surface area contributed by atoms with Crippen molar-refractivity contribution < 1.29 is 13.9 Å². The van der Waals surface area contributed by atoms with E-state index in [1.165, 1.54) is 19.3 Å². The van der Waals surface area contributed by atoms with E-state index in [4.69, 9.17) is 9.84 Å². The predicted octanol–water partition coefficient (Wildman–Crippen LogP) is 4.46. The zero-order valence-electron chi connectivity index (χ0n) is 17.9. The monoisotopic (exact) mass is 422 g/mol. The molecule has 1 saturated heterocycles. The number of ether oxygens (including phenoxy) is 1. The Morgan fingerprint density at radius 2 is 2.23 bits per heavy atom. The first-order chi connectivity index (χ1) is 15.0. The number of carbonyl (C=O) groups is 1. The van der Waals surface area contributed by atoms with E-state index in [0.717, 1.165) is 41.7 Å². The van der Waals surface area contributed by atoms with Gasteiger partial charge in [0.05, 0.1) is 18.2 Å². The molecule has 1 aliphatic rings. The molecule has 2 heterocycles. The number of aryl methyl sites for hydroxylation is 1. The molecule has 7 heteroatoms. The molecule has 1 unspecified atom stereocenters. The van der Waals surface area contributed by atoms with E-state index in [1.54, 1.807) is 12.1 Å². The van der Waals surface area contributed by atoms with Gasteiger partial charge in [0.2, 0.25) is 5.91 Å². The van der Waals surface area contributed by atoms with Crippen LogP contribution in [0.2, 0.25) is 0 Å². The molecule has 4 rings (SSSR count). The number of methoxy groups -OCH3 is 1. The third-order valence-electron chi connectivity index (χ3n) is 5.77. The van der Waals surface area contributed by atoms with Crippen LogP contribution in [-0.4, -0.2) is 46.8 Å². The molecular weight excluding hydrogens is 395 g/mol. The van der Waals surface area contributed by atoms with Crippen LogP contribution >= 0.6 is 0 Å². The lowest BCUT2D eigenvalue weighted by Crippen LogP contribution is -2.44. The summed E-state index contributed by atoms with van der Waals surface area (Å²) in [7, 11) is 1.54. The Bertz CT molecular complexity index is 1120. The number of benzene rings is 2. The summed E-state index contributed by atoms with van der Waals surface area (Å²) in [6.07, 6.45) is 3.24. The predicted molar refractivity (Wildman–Crippen MR) is 121 cm³/mol. The van der Waals surface area contributed by atoms with Gasteiger partial charge >= 0.3 is 0 Å². The van der Waals surface area contributed by atoms with Crippen LogP contribution in [0.15, 0.2) is 49.1 Å². The molecule has 31 heavy (non-hydrogen) atoms. The highest BCUT2D eigenvalue weighted by atomic mass is 19.1. The number of halogens is 1. The molecule has 162 valence electrons. The topological polar surface area (TPSA) is 59.4 Å². The summed E-state index contributed by atoms with van der Waals surface area (Å²) in [6.45, 7) is 7.68. The van der Waals surface area contributed by atoms with Crippen LogP contribution in [0.4, 0.5) is 10.2 Å². The van der Waals surface area contributed by atoms with Gasteiger partial charge in [-0.15, -0.1) is 0 Å². The van der Waals surface area contributed by atoms with E-state index in [-0.39, 0.29) is 17.8 Å². The number of nitrogens with one attached hydrogen (secondary N) is 1. The molecule has 0 radical (unpaired) electrons. The van der Waals surface area contributed by atoms with Crippen molar-refractivity contribution in [2.75, 3.05) is 25.5 Å². The van der Waals surface area contributed by atoms with Crippen LogP contribution in [0.3, 0.4) is 0 Å². The summed E-state index contributed by atoms with van der Waals surface area (Å²) in [4.78, 5) is 13.9. The number of aromatic nitrogens is 2. The highest BCUT2D eigenvalue weighted by Gasteiger charge is 2.24. The summed E-state index contributed by atoms with van der Waals surface area (Å²) in [5, 5.41) is 9.21. The van der Waals surface area contributed by atoms with Crippen molar-refractivity contribution in [3.8, 4) is 16.9 Å². The Morgan fingerprint density at radius 3 is 2.97 bits per heavy atom. The molecular formula is C24H27FN4O2. The minimum atomic E-state index is -0.332. The van der Waals surface area contributed by atoms with Gasteiger partial charge in [0.1, 0.15) is 17.4 Å². The largest absolute Gasteiger partial charge is 0.496 e. The number of carbonyl (C=O) groups excluding carboxylic acids is 1. The van der Waals surface area contributed by atoms with Crippen LogP contribution < -0.4 is 10.1 Å². The Hall–Kier alpha value is -3.35. The molecule has 1 aliphatic heterocycles. The lowest BCUT2D eigenvalue weighted by Gasteiger charge is -2.33. The van der Waals surface area contributed by atoms with Gasteiger partial charge < -0.3 is 15.0 Å². The van der Waals surface area contributed by atoms with Crippen molar-refractivity contribution in [2.24, 2.45) is 0 Å². The molecule has 0 saturated carbocycles. The van der Waals surface area contributed by atoms with Gasteiger partial charge in [-0.25, -0.2) is 9.07 Å². The number of nitrogens with zero attached hydrogens (tertiary/aromatic N) is 3. The first-order valence-electron chi connectivity index (χ1n) is 10.6. The van der Waals surface area contributed by atoms with Crippen molar-refractivity contribution in [3.05, 3.63) is 54.9 Å². The molecule has 1 amide bonds. The standard InChI is InChI=1S/C24H27FN4O2/c1-4-22(30)28-13-7-8-17(15-28)26-24-18-14-16(11-12-20(18)27-29(24)5-2)23-19(25)9-6-10-21(23)31-3/h4,6,9-12,14,17,26H,1,5,7-8,13,15H2,2-3H3. The van der Waals surface area contributed by atoms with Crippen LogP contribution in [0.5, 0.6) is 5.75 Å². The molecule has 1 aromatic heterocycles. The van der Waals surface area contributed by atoms with E-state index in [9.17, 15) is 9.18 Å². The van der Waals surface area contributed by atoms with Gasteiger partial charge in [-0.3, -0.25) is 4.79 Å². The second-order valence-electron chi connectivity index (χ2n) is 7.69. The minimum absolute atomic E-state index is 0.0470. The normalized spacial score (nSPS) is 16.4. The second-order valence-corrected chi connectivity index (χ2v) is 7.69. The van der Waals surface area contributed by atoms with Crippen molar-refractivity contribution >= 4 is 22.6 Å². The fourth-order valence-corrected chi connectivity index (χ4v) is 4.24. The van der Waals surface area contributed by atoms with Gasteiger partial charge in [0.25, 0.3) is 0 Å². The molecule has 0 aliphatic carbocycles. The number of amides is 1. The highest BCUT2D eigenvalue weighted by Crippen LogP contribution is 2.36. The minimum Gasteiger partial charge on any atom is -0.496 e. The Labute approximate surface area is 181 Å². The van der Waals surface area contributed by atoms with Gasteiger partial charge in [0.15, 0.2) is 0 Å². The van der Waals surface area contributed by atoms with Crippen LogP contribution in [0, 0.1) is 5.82 Å². The number of likely N-dealkylation sites (tertiary alicyclic amines) is 1. The lowest BCUT2D eigenvalue weighted by atomic mass is 10.0. The average molecular weight is 423 g/mol. The number of anilines is 1. The maximum Gasteiger partial charge on any atom is 0.246 e. The molecule has 3 aromatic rings. The average Bonchev–Trinajstić information content (AvgIpc) is 3.15. The highest BCUT2D eigenvalue weighted by molar-refractivity contribution is 5.94. The molecule has 6 nitrogen and oxygen atoms in total. The Kier molecular flexibility index (Phi) is 5.93. The van der Waals surface area contributed by atoms with Crippen molar-refractivity contribution in [1.82, 2.24) is 14.7 Å². The van der Waals surface area contributed by atoms with Crippen molar-refractivity contribution in [2.45, 2.75) is 32.4 Å². The van der Waals surface area contributed by atoms with E-state index in [1.807, 2.05) is 34.7 Å². The first-order valence-corrected chi connectivity index (χ1v) is 10.6. The fourth-order valence-electron chi connectivity index (χ4n) is 4.24. The maximum absolute atomic E-state index is 14.7. The van der Waals surface area contributed by atoms with E-state index < -0.39 is 0 Å². The summed E-state index contributed by atoms with van der Waals surface area (Å²) in [5.41, 5.74) is 1.99. The number of hydrogen-bond acceptors (Lipinski definition) is 4. The zero-order chi connectivity index (χ0) is 22.0. The van der Waals surface area contributed by atoms with E-state index in [0.29, 0.717) is 24.4 Å². The smallest absolute Gasteiger partial charge is 0.246 e. The lowest BCUT2D eigenvalue weighted by molar-refractivity contribution is -0.127. The summed E-state index contributed by atoms with van der Waals surface area (Å²) < 4.78 is 22.0. The molecule has 1 atom stereocenters. The molecule has 2 aromatic carbocycles. The van der Waals surface area contributed by atoms with Crippen LogP contribution in [-0.2, 0) is 11.3 Å². The van der Waals surface area contributed by atoms with Gasteiger partial charge in [0, 0.05) is 31.1 Å². The maximum atomic E-state index is 14.7. The molecule has 0 bridgehead atoms. The van der Waals surface area contributed by atoms with Gasteiger partial charge in [-0.2, -0.15) is 5.10 Å². The summed E-state index contributed by atoms with van der Waals surface area (Å²) in [6, 6.07) is 10.7. The summed E-state index contributed by atoms with van der Waals surface area (Å²) >= 11 is 0. The quantitative estimate of drug-likeness (QED) is 0.596. The Morgan fingerprint density at radius 1 is 1.39 bits per heavy atom. The SMILES string of the molecule is C=CC(=O)N1CCCC(Nc2c3cc(-c4c(F)cccc4OC)ccc3nn2CC)C1. The van der Waals surface area contributed by atoms with Crippen molar-refractivity contribution in [3.63, 3.8) is 0 Å². The van der Waals surface area contributed by atoms with Gasteiger partial charge in [-0.1, -0.05) is 18.7 Å². The Balaban J connectivity index is 1.73. The fraction of sp³-hybridized carbons (Fsp3) is 0.333. The number of rotatable bonds is 6. The van der Waals surface area contributed by atoms with Crippen LogP contribution in [0.25, 0.3) is 22.0 Å². The van der Waals surface area contributed by atoms with E-state index in [2.05, 4.69) is 11.9 Å². The molecule has 1 fully saturated rings. The number of hydrogen-bond donors (Lipinski definition) is 1.